The highest BCUT2D eigenvalue weighted by Crippen LogP contribution is 2.31. The molecule has 0 saturated heterocycles. The molecule has 140 valence electrons. The van der Waals surface area contributed by atoms with E-state index >= 15 is 0 Å². The zero-order valence-electron chi connectivity index (χ0n) is 14.7. The zero-order chi connectivity index (χ0) is 19.4. The minimum Gasteiger partial charge on any atom is -0.484 e. The van der Waals surface area contributed by atoms with Crippen molar-refractivity contribution in [3.63, 3.8) is 0 Å². The molecule has 0 radical (unpaired) electrons. The van der Waals surface area contributed by atoms with Crippen molar-refractivity contribution in [3.05, 3.63) is 65.2 Å². The van der Waals surface area contributed by atoms with E-state index in [2.05, 4.69) is 5.32 Å². The van der Waals surface area contributed by atoms with E-state index in [9.17, 15) is 14.4 Å². The van der Waals surface area contributed by atoms with Gasteiger partial charge in [-0.3, -0.25) is 9.59 Å². The molecule has 27 heavy (non-hydrogen) atoms. The van der Waals surface area contributed by atoms with Crippen LogP contribution < -0.4 is 10.1 Å². The van der Waals surface area contributed by atoms with Gasteiger partial charge in [-0.2, -0.15) is 0 Å². The van der Waals surface area contributed by atoms with Gasteiger partial charge in [-0.25, -0.2) is 4.79 Å². The Bertz CT molecular complexity index is 861. The molecule has 7 nitrogen and oxygen atoms in total. The number of carboxylic acid groups (broad SMARTS) is 1. The number of ether oxygens (including phenoxy) is 2. The molecule has 0 spiro atoms. The minimum absolute atomic E-state index is 0.289. The van der Waals surface area contributed by atoms with Crippen LogP contribution in [-0.2, 0) is 20.7 Å². The highest BCUT2D eigenvalue weighted by molar-refractivity contribution is 5.92. The molecule has 2 unspecified atom stereocenters. The number of carbonyl (C=O) groups is 3. The van der Waals surface area contributed by atoms with E-state index < -0.39 is 17.9 Å². The van der Waals surface area contributed by atoms with Gasteiger partial charge in [0, 0.05) is 6.42 Å². The molecule has 1 aliphatic heterocycles. The lowest BCUT2D eigenvalue weighted by molar-refractivity contribution is -0.141. The summed E-state index contributed by atoms with van der Waals surface area (Å²) in [5.41, 5.74) is 2.37. The molecule has 0 aromatic heterocycles. The fourth-order valence-electron chi connectivity index (χ4n) is 2.79. The van der Waals surface area contributed by atoms with E-state index in [-0.39, 0.29) is 18.7 Å². The van der Waals surface area contributed by atoms with Crippen LogP contribution in [0.5, 0.6) is 5.75 Å². The molecule has 2 aromatic carbocycles. The number of rotatable bonds is 6. The Balaban J connectivity index is 1.59. The molecule has 0 fully saturated rings. The number of carbonyl (C=O) groups excluding carboxylic acids is 2. The maximum absolute atomic E-state index is 12.1. The first-order valence-corrected chi connectivity index (χ1v) is 8.48. The number of hydrogen-bond donors (Lipinski definition) is 2. The number of benzene rings is 2. The zero-order valence-corrected chi connectivity index (χ0v) is 14.7. The van der Waals surface area contributed by atoms with Crippen LogP contribution >= 0.6 is 0 Å². The maximum atomic E-state index is 12.1. The summed E-state index contributed by atoms with van der Waals surface area (Å²) in [6, 6.07) is 13.3. The van der Waals surface area contributed by atoms with Crippen molar-refractivity contribution in [2.24, 2.45) is 0 Å². The number of cyclic esters (lactones) is 1. The lowest BCUT2D eigenvalue weighted by atomic mass is 9.95. The number of nitrogens with one attached hydrogen (secondary N) is 1. The lowest BCUT2D eigenvalue weighted by Gasteiger charge is -2.25. The third kappa shape index (κ3) is 4.44. The van der Waals surface area contributed by atoms with Crippen LogP contribution in [0, 0.1) is 0 Å². The first kappa shape index (κ1) is 18.4. The molecule has 0 saturated carbocycles. The van der Waals surface area contributed by atoms with Crippen molar-refractivity contribution in [1.82, 2.24) is 5.32 Å². The predicted octanol–water partition coefficient (Wildman–Crippen LogP) is 2.11. The van der Waals surface area contributed by atoms with Crippen molar-refractivity contribution < 1.29 is 29.0 Å². The van der Waals surface area contributed by atoms with E-state index in [1.54, 1.807) is 36.4 Å². The normalized spacial score (nSPS) is 16.6. The fraction of sp³-hybridized carbons (Fsp3) is 0.250. The van der Waals surface area contributed by atoms with Gasteiger partial charge >= 0.3 is 11.9 Å². The summed E-state index contributed by atoms with van der Waals surface area (Å²) in [4.78, 5) is 34.5. The molecule has 1 aliphatic rings. The molecule has 1 heterocycles. The van der Waals surface area contributed by atoms with Gasteiger partial charge in [0.15, 0.2) is 6.61 Å². The number of esters is 1. The molecule has 2 N–H and O–H groups in total. The predicted molar refractivity (Wildman–Crippen MR) is 95.5 cm³/mol. The lowest BCUT2D eigenvalue weighted by Crippen LogP contribution is -2.40. The number of aliphatic carboxylic acids is 1. The molecule has 2 atom stereocenters. The number of hydrogen-bond acceptors (Lipinski definition) is 5. The molecule has 2 aromatic rings. The Morgan fingerprint density at radius 1 is 1.22 bits per heavy atom. The Labute approximate surface area is 155 Å². The Hall–Kier alpha value is -3.35. The summed E-state index contributed by atoms with van der Waals surface area (Å²) < 4.78 is 10.9. The average Bonchev–Trinajstić information content (AvgIpc) is 2.66. The third-order valence-corrected chi connectivity index (χ3v) is 4.26. The monoisotopic (exact) mass is 369 g/mol. The molecule has 0 bridgehead atoms. The largest absolute Gasteiger partial charge is 0.484 e. The van der Waals surface area contributed by atoms with Gasteiger partial charge in [0.05, 0.1) is 5.56 Å². The summed E-state index contributed by atoms with van der Waals surface area (Å²) in [6.45, 7) is 1.08. The first-order chi connectivity index (χ1) is 12.9. The molecule has 3 rings (SSSR count). The number of carboxylic acids is 1. The maximum Gasteiger partial charge on any atom is 0.339 e. The minimum atomic E-state index is -1.11. The van der Waals surface area contributed by atoms with E-state index in [1.165, 1.54) is 6.92 Å². The van der Waals surface area contributed by atoms with Gasteiger partial charge in [-0.05, 0) is 36.2 Å². The topological polar surface area (TPSA) is 102 Å². The highest BCUT2D eigenvalue weighted by atomic mass is 16.5. The number of amides is 1. The quantitative estimate of drug-likeness (QED) is 0.756. The standard InChI is InChI=1S/C20H19NO6/c1-12(19(23)24)21-18(22)11-26-15-8-6-13(7-9-15)17-10-14-4-2-3-5-16(14)20(25)27-17/h2-9,12,17H,10-11H2,1H3,(H,21,22)(H,23,24). The van der Waals surface area contributed by atoms with Crippen LogP contribution in [0.25, 0.3) is 0 Å². The number of fused-ring (bicyclic) bond motifs is 1. The van der Waals surface area contributed by atoms with Crippen LogP contribution in [-0.4, -0.2) is 35.6 Å². The van der Waals surface area contributed by atoms with Crippen molar-refractivity contribution in [2.45, 2.75) is 25.5 Å². The molecule has 7 heteroatoms. The second kappa shape index (κ2) is 7.90. The second-order valence-corrected chi connectivity index (χ2v) is 6.24. The van der Waals surface area contributed by atoms with Crippen LogP contribution in [0.4, 0.5) is 0 Å². The molecule has 0 aliphatic carbocycles. The summed E-state index contributed by atoms with van der Waals surface area (Å²) in [5.74, 6) is -1.52. The van der Waals surface area contributed by atoms with Crippen molar-refractivity contribution >= 4 is 17.8 Å². The van der Waals surface area contributed by atoms with Gasteiger partial charge in [-0.1, -0.05) is 30.3 Å². The van der Waals surface area contributed by atoms with Crippen molar-refractivity contribution in [3.8, 4) is 5.75 Å². The van der Waals surface area contributed by atoms with Gasteiger partial charge in [0.25, 0.3) is 5.91 Å². The molecular formula is C20H19NO6. The van der Waals surface area contributed by atoms with E-state index in [4.69, 9.17) is 14.6 Å². The summed E-state index contributed by atoms with van der Waals surface area (Å²) >= 11 is 0. The van der Waals surface area contributed by atoms with Crippen LogP contribution in [0.2, 0.25) is 0 Å². The smallest absolute Gasteiger partial charge is 0.339 e. The van der Waals surface area contributed by atoms with Gasteiger partial charge in [0.2, 0.25) is 0 Å². The first-order valence-electron chi connectivity index (χ1n) is 8.48. The Morgan fingerprint density at radius 2 is 1.93 bits per heavy atom. The van der Waals surface area contributed by atoms with Crippen molar-refractivity contribution in [1.29, 1.82) is 0 Å². The van der Waals surface area contributed by atoms with Gasteiger partial charge in [0.1, 0.15) is 17.9 Å². The second-order valence-electron chi connectivity index (χ2n) is 6.24. The Kier molecular flexibility index (Phi) is 5.40. The highest BCUT2D eigenvalue weighted by Gasteiger charge is 2.27. The Morgan fingerprint density at radius 3 is 2.63 bits per heavy atom. The van der Waals surface area contributed by atoms with Gasteiger partial charge in [-0.15, -0.1) is 0 Å². The molecule has 1 amide bonds. The summed E-state index contributed by atoms with van der Waals surface area (Å²) in [5, 5.41) is 11.1. The van der Waals surface area contributed by atoms with E-state index in [0.717, 1.165) is 11.1 Å². The van der Waals surface area contributed by atoms with Gasteiger partial charge < -0.3 is 19.9 Å². The molecular weight excluding hydrogens is 350 g/mol. The summed E-state index contributed by atoms with van der Waals surface area (Å²) in [6.07, 6.45) is 0.221. The van der Waals surface area contributed by atoms with Crippen LogP contribution in [0.15, 0.2) is 48.5 Å². The average molecular weight is 369 g/mol. The van der Waals surface area contributed by atoms with E-state index in [1.807, 2.05) is 12.1 Å². The fourth-order valence-corrected chi connectivity index (χ4v) is 2.79. The third-order valence-electron chi connectivity index (χ3n) is 4.26. The van der Waals surface area contributed by atoms with Crippen molar-refractivity contribution in [2.75, 3.05) is 6.61 Å². The SMILES string of the molecule is CC(NC(=O)COc1ccc(C2Cc3ccccc3C(=O)O2)cc1)C(=O)O. The van der Waals surface area contributed by atoms with E-state index in [0.29, 0.717) is 17.7 Å². The van der Waals surface area contributed by atoms with Crippen LogP contribution in [0.3, 0.4) is 0 Å². The van der Waals surface area contributed by atoms with Crippen LogP contribution in [0.1, 0.15) is 34.5 Å². The summed E-state index contributed by atoms with van der Waals surface area (Å²) in [7, 11) is 0.